The van der Waals surface area contributed by atoms with Crippen LogP contribution in [0.5, 0.6) is 5.75 Å². The molecule has 0 amide bonds. The first-order valence-corrected chi connectivity index (χ1v) is 12.2. The molecule has 1 N–H and O–H groups in total. The van der Waals surface area contributed by atoms with Crippen LogP contribution in [0.2, 0.25) is 0 Å². The second kappa shape index (κ2) is 9.20. The van der Waals surface area contributed by atoms with Gasteiger partial charge in [-0.3, -0.25) is 10.00 Å². The van der Waals surface area contributed by atoms with Crippen LogP contribution in [0.15, 0.2) is 59.6 Å². The van der Waals surface area contributed by atoms with E-state index in [4.69, 9.17) is 4.74 Å². The van der Waals surface area contributed by atoms with Crippen molar-refractivity contribution in [2.75, 3.05) is 12.8 Å². The summed E-state index contributed by atoms with van der Waals surface area (Å²) in [5.41, 5.74) is 2.42. The second-order valence-electron chi connectivity index (χ2n) is 7.93. The quantitative estimate of drug-likeness (QED) is 0.591. The number of ether oxygens (including phenoxy) is 1. The molecule has 2 aromatic carbocycles. The fourth-order valence-corrected chi connectivity index (χ4v) is 4.93. The van der Waals surface area contributed by atoms with Crippen molar-refractivity contribution < 1.29 is 17.5 Å². The Morgan fingerprint density at radius 2 is 2.03 bits per heavy atom. The van der Waals surface area contributed by atoms with Gasteiger partial charge >= 0.3 is 0 Å². The van der Waals surface area contributed by atoms with Crippen molar-refractivity contribution in [3.05, 3.63) is 77.4 Å². The third-order valence-electron chi connectivity index (χ3n) is 5.61. The topological polar surface area (TPSA) is 75.3 Å². The number of nitrogens with zero attached hydrogens (tertiary/aromatic N) is 2. The van der Waals surface area contributed by atoms with Crippen LogP contribution in [0, 0.1) is 5.82 Å². The third kappa shape index (κ3) is 5.14. The van der Waals surface area contributed by atoms with Gasteiger partial charge in [0, 0.05) is 18.4 Å². The molecule has 2 heterocycles. The largest absolute Gasteiger partial charge is 0.489 e. The highest BCUT2D eigenvalue weighted by molar-refractivity contribution is 7.90. The van der Waals surface area contributed by atoms with Crippen LogP contribution in [0.4, 0.5) is 4.39 Å². The average Bonchev–Trinajstić information content (AvgIpc) is 3.24. The number of aromatic nitrogens is 2. The number of nitrogens with one attached hydrogen (secondary N) is 1. The number of aromatic amines is 1. The summed E-state index contributed by atoms with van der Waals surface area (Å²) in [4.78, 5) is 2.54. The van der Waals surface area contributed by atoms with Gasteiger partial charge in [-0.2, -0.15) is 5.10 Å². The van der Waals surface area contributed by atoms with Gasteiger partial charge in [-0.25, -0.2) is 12.8 Å². The Morgan fingerprint density at radius 3 is 2.84 bits per heavy atom. The molecule has 164 valence electrons. The van der Waals surface area contributed by atoms with Gasteiger partial charge in [-0.05, 0) is 43.1 Å². The maximum Gasteiger partial charge on any atom is 0.178 e. The number of benzene rings is 2. The molecule has 0 spiro atoms. The van der Waals surface area contributed by atoms with Gasteiger partial charge in [-0.15, -0.1) is 0 Å². The molecule has 0 radical (unpaired) electrons. The molecular formula is C23H26FN3O3S. The van der Waals surface area contributed by atoms with Crippen molar-refractivity contribution in [3.63, 3.8) is 0 Å². The van der Waals surface area contributed by atoms with E-state index >= 15 is 0 Å². The van der Waals surface area contributed by atoms with Crippen LogP contribution in [0.25, 0.3) is 0 Å². The molecule has 1 atom stereocenters. The van der Waals surface area contributed by atoms with Crippen molar-refractivity contribution in [1.29, 1.82) is 0 Å². The smallest absolute Gasteiger partial charge is 0.178 e. The van der Waals surface area contributed by atoms with Crippen LogP contribution in [0.1, 0.15) is 42.1 Å². The molecule has 8 heteroatoms. The Bertz CT molecular complexity index is 1150. The number of H-pyrrole nitrogens is 1. The number of piperidine rings is 1. The molecule has 6 nitrogen and oxygen atoms in total. The van der Waals surface area contributed by atoms with E-state index in [2.05, 4.69) is 15.1 Å². The van der Waals surface area contributed by atoms with Gasteiger partial charge in [0.1, 0.15) is 23.1 Å². The Morgan fingerprint density at radius 1 is 1.19 bits per heavy atom. The van der Waals surface area contributed by atoms with Crippen LogP contribution >= 0.6 is 0 Å². The lowest BCUT2D eigenvalue weighted by Gasteiger charge is -2.35. The standard InChI is InChI=1S/C23H26FN3O3S/c1-31(28,29)22-14-25-26-23(22)20-10-4-5-12-27(20)15-18-8-2-3-11-21(18)30-16-17-7-6-9-19(24)13-17/h2-3,6-9,11,13-14,20H,4-5,10,12,15-16H2,1H3,(H,25,26). The van der Waals surface area contributed by atoms with Crippen molar-refractivity contribution in [1.82, 2.24) is 15.1 Å². The molecule has 31 heavy (non-hydrogen) atoms. The van der Waals surface area contributed by atoms with E-state index in [-0.39, 0.29) is 23.4 Å². The third-order valence-corrected chi connectivity index (χ3v) is 6.73. The first-order valence-electron chi connectivity index (χ1n) is 10.3. The highest BCUT2D eigenvalue weighted by atomic mass is 32.2. The molecule has 0 aliphatic carbocycles. The zero-order valence-electron chi connectivity index (χ0n) is 17.4. The number of hydrogen-bond donors (Lipinski definition) is 1. The van der Waals surface area contributed by atoms with E-state index in [9.17, 15) is 12.8 Å². The predicted molar refractivity (Wildman–Crippen MR) is 116 cm³/mol. The van der Waals surface area contributed by atoms with Crippen LogP contribution in [-0.2, 0) is 23.0 Å². The molecule has 1 unspecified atom stereocenters. The monoisotopic (exact) mass is 443 g/mol. The van der Waals surface area contributed by atoms with E-state index in [1.54, 1.807) is 6.07 Å². The maximum atomic E-state index is 13.5. The Hall–Kier alpha value is -2.71. The van der Waals surface area contributed by atoms with Crippen molar-refractivity contribution in [2.24, 2.45) is 0 Å². The number of halogens is 1. The minimum atomic E-state index is -3.36. The highest BCUT2D eigenvalue weighted by Crippen LogP contribution is 2.35. The SMILES string of the molecule is CS(=O)(=O)c1cn[nH]c1C1CCCCN1Cc1ccccc1OCc1cccc(F)c1. The molecule has 1 aromatic heterocycles. The van der Waals surface area contributed by atoms with Crippen molar-refractivity contribution in [3.8, 4) is 5.75 Å². The normalized spacial score (nSPS) is 17.5. The predicted octanol–water partition coefficient (Wildman–Crippen LogP) is 4.26. The summed E-state index contributed by atoms with van der Waals surface area (Å²) in [7, 11) is -3.36. The van der Waals surface area contributed by atoms with Crippen molar-refractivity contribution >= 4 is 9.84 Å². The highest BCUT2D eigenvalue weighted by Gasteiger charge is 2.30. The van der Waals surface area contributed by atoms with Gasteiger partial charge < -0.3 is 4.74 Å². The summed E-state index contributed by atoms with van der Waals surface area (Å²) in [5, 5.41) is 6.93. The van der Waals surface area contributed by atoms with Gasteiger partial charge in [0.15, 0.2) is 9.84 Å². The Kier molecular flexibility index (Phi) is 6.38. The van der Waals surface area contributed by atoms with E-state index in [1.165, 1.54) is 24.6 Å². The summed E-state index contributed by atoms with van der Waals surface area (Å²) < 4.78 is 43.9. The minimum Gasteiger partial charge on any atom is -0.489 e. The van der Waals surface area contributed by atoms with E-state index in [0.29, 0.717) is 12.2 Å². The molecular weight excluding hydrogens is 417 g/mol. The van der Waals surface area contributed by atoms with Gasteiger partial charge in [-0.1, -0.05) is 36.8 Å². The molecule has 1 aliphatic rings. The molecule has 0 bridgehead atoms. The number of sulfone groups is 1. The van der Waals surface area contributed by atoms with E-state index in [0.717, 1.165) is 42.7 Å². The van der Waals surface area contributed by atoms with Gasteiger partial charge in [0.25, 0.3) is 0 Å². The van der Waals surface area contributed by atoms with Crippen molar-refractivity contribution in [2.45, 2.75) is 43.4 Å². The number of para-hydroxylation sites is 1. The van der Waals surface area contributed by atoms with Gasteiger partial charge in [0.2, 0.25) is 0 Å². The fraction of sp³-hybridized carbons (Fsp3) is 0.348. The first-order chi connectivity index (χ1) is 14.9. The lowest BCUT2D eigenvalue weighted by Crippen LogP contribution is -2.34. The maximum absolute atomic E-state index is 13.5. The van der Waals surface area contributed by atoms with E-state index < -0.39 is 9.84 Å². The number of hydrogen-bond acceptors (Lipinski definition) is 5. The summed E-state index contributed by atoms with van der Waals surface area (Å²) in [6.07, 6.45) is 5.54. The first kappa shape index (κ1) is 21.5. The molecule has 0 saturated carbocycles. The molecule has 1 fully saturated rings. The molecule has 4 rings (SSSR count). The summed E-state index contributed by atoms with van der Waals surface area (Å²) >= 11 is 0. The Balaban J connectivity index is 1.55. The molecule has 3 aromatic rings. The van der Waals surface area contributed by atoms with Crippen LogP contribution in [-0.4, -0.2) is 36.3 Å². The summed E-state index contributed by atoms with van der Waals surface area (Å²) in [5.74, 6) is 0.454. The number of rotatable bonds is 7. The van der Waals surface area contributed by atoms with Crippen LogP contribution < -0.4 is 4.74 Å². The van der Waals surface area contributed by atoms with E-state index in [1.807, 2.05) is 30.3 Å². The molecule has 1 saturated heterocycles. The zero-order valence-corrected chi connectivity index (χ0v) is 18.2. The summed E-state index contributed by atoms with van der Waals surface area (Å²) in [6.45, 7) is 1.74. The zero-order chi connectivity index (χ0) is 21.8. The second-order valence-corrected chi connectivity index (χ2v) is 9.91. The minimum absolute atomic E-state index is 0.0581. The number of likely N-dealkylation sites (tertiary alicyclic amines) is 1. The lowest BCUT2D eigenvalue weighted by molar-refractivity contribution is 0.133. The lowest BCUT2D eigenvalue weighted by atomic mass is 9.98. The Labute approximate surface area is 182 Å². The fourth-order valence-electron chi connectivity index (χ4n) is 4.11. The van der Waals surface area contributed by atoms with Crippen LogP contribution in [0.3, 0.4) is 0 Å². The summed E-state index contributed by atoms with van der Waals surface area (Å²) in [6, 6.07) is 14.1. The van der Waals surface area contributed by atoms with Gasteiger partial charge in [0.05, 0.1) is 17.9 Å². The molecule has 1 aliphatic heterocycles. The average molecular weight is 444 g/mol.